The monoisotopic (exact) mass is 250 g/mol. The maximum absolute atomic E-state index is 10.9. The molecule has 0 spiro atoms. The summed E-state index contributed by atoms with van der Waals surface area (Å²) in [6, 6.07) is 0. The van der Waals surface area contributed by atoms with Crippen LogP contribution in [-0.2, 0) is 10.0 Å². The Morgan fingerprint density at radius 1 is 1.00 bits per heavy atom. The fraction of sp³-hybridized carbons (Fsp3) is 1.00. The van der Waals surface area contributed by atoms with Gasteiger partial charge in [-0.15, -0.1) is 0 Å². The first-order valence-electron chi connectivity index (χ1n) is 6.16. The van der Waals surface area contributed by atoms with Crippen molar-refractivity contribution >= 4 is 10.0 Å². The third-order valence-corrected chi connectivity index (χ3v) is 3.18. The van der Waals surface area contributed by atoms with E-state index in [-0.39, 0.29) is 0 Å². The number of unbranched alkanes of at least 4 members (excludes halogenated alkanes) is 2. The lowest BCUT2D eigenvalue weighted by molar-refractivity contribution is 0.269. The van der Waals surface area contributed by atoms with Crippen LogP contribution in [0.3, 0.4) is 0 Å². The van der Waals surface area contributed by atoms with Crippen LogP contribution in [0.4, 0.5) is 0 Å². The van der Waals surface area contributed by atoms with E-state index in [2.05, 4.69) is 23.5 Å². The fourth-order valence-corrected chi connectivity index (χ4v) is 1.95. The van der Waals surface area contributed by atoms with Gasteiger partial charge in [-0.25, -0.2) is 13.1 Å². The molecular formula is C11H26N2O2S. The molecule has 0 unspecified atom stereocenters. The van der Waals surface area contributed by atoms with E-state index in [4.69, 9.17) is 0 Å². The van der Waals surface area contributed by atoms with Crippen LogP contribution in [0.15, 0.2) is 0 Å². The molecule has 0 aliphatic carbocycles. The number of hydrogen-bond donors (Lipinski definition) is 1. The van der Waals surface area contributed by atoms with Gasteiger partial charge in [0, 0.05) is 13.1 Å². The van der Waals surface area contributed by atoms with Crippen molar-refractivity contribution in [1.29, 1.82) is 0 Å². The van der Waals surface area contributed by atoms with E-state index in [0.717, 1.165) is 19.6 Å². The number of hydrogen-bond acceptors (Lipinski definition) is 3. The van der Waals surface area contributed by atoms with Gasteiger partial charge in [-0.05, 0) is 25.9 Å². The Hall–Kier alpha value is -0.130. The molecule has 0 aromatic heterocycles. The third-order valence-electron chi connectivity index (χ3n) is 2.45. The van der Waals surface area contributed by atoms with Crippen molar-refractivity contribution in [3.05, 3.63) is 0 Å². The van der Waals surface area contributed by atoms with Crippen molar-refractivity contribution in [2.45, 2.75) is 39.5 Å². The molecule has 0 fully saturated rings. The molecular weight excluding hydrogens is 224 g/mol. The minimum atomic E-state index is -3.04. The van der Waals surface area contributed by atoms with Gasteiger partial charge in [-0.1, -0.05) is 26.7 Å². The van der Waals surface area contributed by atoms with E-state index >= 15 is 0 Å². The second-order valence-corrected chi connectivity index (χ2v) is 6.05. The van der Waals surface area contributed by atoms with Crippen molar-refractivity contribution in [3.63, 3.8) is 0 Å². The van der Waals surface area contributed by atoms with Gasteiger partial charge in [0.05, 0.1) is 6.26 Å². The molecule has 0 aromatic carbocycles. The van der Waals surface area contributed by atoms with Crippen LogP contribution in [0, 0.1) is 0 Å². The second kappa shape index (κ2) is 8.96. The molecule has 0 aliphatic rings. The summed E-state index contributed by atoms with van der Waals surface area (Å²) in [6.07, 6.45) is 5.94. The minimum absolute atomic E-state index is 0.520. The molecule has 4 nitrogen and oxygen atoms in total. The SMILES string of the molecule is CCCCN(CCCC)CCNS(C)(=O)=O. The smallest absolute Gasteiger partial charge is 0.208 e. The average molecular weight is 250 g/mol. The summed E-state index contributed by atoms with van der Waals surface area (Å²) in [5.41, 5.74) is 0. The lowest BCUT2D eigenvalue weighted by Crippen LogP contribution is -2.35. The normalized spacial score (nSPS) is 12.2. The summed E-state index contributed by atoms with van der Waals surface area (Å²) in [7, 11) is -3.04. The Bertz CT molecular complexity index is 245. The quantitative estimate of drug-likeness (QED) is 0.638. The summed E-state index contributed by atoms with van der Waals surface area (Å²) < 4.78 is 24.4. The summed E-state index contributed by atoms with van der Waals surface area (Å²) in [5.74, 6) is 0. The summed E-state index contributed by atoms with van der Waals surface area (Å²) in [4.78, 5) is 2.34. The van der Waals surface area contributed by atoms with Gasteiger partial charge in [0.2, 0.25) is 10.0 Å². The number of rotatable bonds is 10. The van der Waals surface area contributed by atoms with Crippen LogP contribution in [0.2, 0.25) is 0 Å². The number of nitrogens with one attached hydrogen (secondary N) is 1. The van der Waals surface area contributed by atoms with Gasteiger partial charge in [0.15, 0.2) is 0 Å². The minimum Gasteiger partial charge on any atom is -0.302 e. The van der Waals surface area contributed by atoms with Gasteiger partial charge < -0.3 is 4.90 Å². The zero-order valence-electron chi connectivity index (χ0n) is 10.8. The van der Waals surface area contributed by atoms with E-state index in [9.17, 15) is 8.42 Å². The summed E-state index contributed by atoms with van der Waals surface area (Å²) in [6.45, 7) is 7.82. The lowest BCUT2D eigenvalue weighted by atomic mass is 10.2. The molecule has 0 aliphatic heterocycles. The predicted molar refractivity (Wildman–Crippen MR) is 69.1 cm³/mol. The largest absolute Gasteiger partial charge is 0.302 e. The number of sulfonamides is 1. The highest BCUT2D eigenvalue weighted by molar-refractivity contribution is 7.88. The standard InChI is InChI=1S/C11H26N2O2S/c1-4-6-9-13(10-7-5-2)11-8-12-16(3,14)15/h12H,4-11H2,1-3H3. The highest BCUT2D eigenvalue weighted by Gasteiger charge is 2.05. The van der Waals surface area contributed by atoms with Crippen LogP contribution >= 0.6 is 0 Å². The van der Waals surface area contributed by atoms with Gasteiger partial charge in [0.25, 0.3) is 0 Å². The van der Waals surface area contributed by atoms with E-state index < -0.39 is 10.0 Å². The van der Waals surface area contributed by atoms with Crippen molar-refractivity contribution in [1.82, 2.24) is 9.62 Å². The van der Waals surface area contributed by atoms with E-state index in [0.29, 0.717) is 6.54 Å². The van der Waals surface area contributed by atoms with Crippen molar-refractivity contribution < 1.29 is 8.42 Å². The van der Waals surface area contributed by atoms with Crippen molar-refractivity contribution in [2.75, 3.05) is 32.4 Å². The topological polar surface area (TPSA) is 49.4 Å². The Labute approximate surface area is 100 Å². The fourth-order valence-electron chi connectivity index (χ4n) is 1.49. The third kappa shape index (κ3) is 10.4. The molecule has 0 rings (SSSR count). The maximum Gasteiger partial charge on any atom is 0.208 e. The molecule has 5 heteroatoms. The first-order valence-corrected chi connectivity index (χ1v) is 8.05. The molecule has 0 heterocycles. The Morgan fingerprint density at radius 2 is 1.50 bits per heavy atom. The van der Waals surface area contributed by atoms with Crippen LogP contribution in [0.1, 0.15) is 39.5 Å². The molecule has 0 amide bonds. The molecule has 0 aromatic rings. The second-order valence-electron chi connectivity index (χ2n) is 4.22. The van der Waals surface area contributed by atoms with Gasteiger partial charge >= 0.3 is 0 Å². The Kier molecular flexibility index (Phi) is 8.89. The van der Waals surface area contributed by atoms with E-state index in [1.54, 1.807) is 0 Å². The van der Waals surface area contributed by atoms with E-state index in [1.165, 1.54) is 31.9 Å². The molecule has 0 atom stereocenters. The highest BCUT2D eigenvalue weighted by atomic mass is 32.2. The van der Waals surface area contributed by atoms with Crippen molar-refractivity contribution in [2.24, 2.45) is 0 Å². The lowest BCUT2D eigenvalue weighted by Gasteiger charge is -2.21. The first kappa shape index (κ1) is 15.9. The van der Waals surface area contributed by atoms with Crippen LogP contribution < -0.4 is 4.72 Å². The molecule has 0 saturated carbocycles. The van der Waals surface area contributed by atoms with Gasteiger partial charge in [-0.2, -0.15) is 0 Å². The molecule has 0 saturated heterocycles. The maximum atomic E-state index is 10.9. The molecule has 98 valence electrons. The van der Waals surface area contributed by atoms with Gasteiger partial charge in [-0.3, -0.25) is 0 Å². The van der Waals surface area contributed by atoms with Gasteiger partial charge in [0.1, 0.15) is 0 Å². The zero-order valence-corrected chi connectivity index (χ0v) is 11.6. The number of nitrogens with zero attached hydrogens (tertiary/aromatic N) is 1. The molecule has 1 N–H and O–H groups in total. The Morgan fingerprint density at radius 3 is 1.88 bits per heavy atom. The average Bonchev–Trinajstić information content (AvgIpc) is 2.19. The molecule has 16 heavy (non-hydrogen) atoms. The predicted octanol–water partition coefficient (Wildman–Crippen LogP) is 1.44. The van der Waals surface area contributed by atoms with Crippen LogP contribution in [0.25, 0.3) is 0 Å². The van der Waals surface area contributed by atoms with Crippen LogP contribution in [0.5, 0.6) is 0 Å². The molecule has 0 bridgehead atoms. The molecule has 0 radical (unpaired) electrons. The Balaban J connectivity index is 3.81. The summed E-state index contributed by atoms with van der Waals surface area (Å²) in [5, 5.41) is 0. The summed E-state index contributed by atoms with van der Waals surface area (Å²) >= 11 is 0. The van der Waals surface area contributed by atoms with E-state index in [1.807, 2.05) is 0 Å². The van der Waals surface area contributed by atoms with Crippen LogP contribution in [-0.4, -0.2) is 45.8 Å². The highest BCUT2D eigenvalue weighted by Crippen LogP contribution is 1.98. The first-order chi connectivity index (χ1) is 7.49. The zero-order chi connectivity index (χ0) is 12.4. The van der Waals surface area contributed by atoms with Crippen molar-refractivity contribution in [3.8, 4) is 0 Å².